The van der Waals surface area contributed by atoms with Gasteiger partial charge >= 0.3 is 12.0 Å². The molecule has 0 aromatic heterocycles. The summed E-state index contributed by atoms with van der Waals surface area (Å²) in [6, 6.07) is 8.21. The van der Waals surface area contributed by atoms with Crippen molar-refractivity contribution in [3.05, 3.63) is 35.9 Å². The van der Waals surface area contributed by atoms with Gasteiger partial charge in [0.1, 0.15) is 5.60 Å². The predicted octanol–water partition coefficient (Wildman–Crippen LogP) is 2.26. The first-order valence-corrected chi connectivity index (χ1v) is 9.76. The second kappa shape index (κ2) is 7.91. The van der Waals surface area contributed by atoms with Crippen LogP contribution >= 0.6 is 0 Å². The summed E-state index contributed by atoms with van der Waals surface area (Å²) in [5.74, 6) is -0.843. The lowest BCUT2D eigenvalue weighted by molar-refractivity contribution is -0.162. The van der Waals surface area contributed by atoms with E-state index in [0.29, 0.717) is 13.0 Å². The zero-order valence-electron chi connectivity index (χ0n) is 17.1. The fourth-order valence-corrected chi connectivity index (χ4v) is 3.81. The average molecular weight is 387 g/mol. The molecule has 0 bridgehead atoms. The molecule has 0 radical (unpaired) electrons. The maximum absolute atomic E-state index is 13.3. The molecule has 28 heavy (non-hydrogen) atoms. The van der Waals surface area contributed by atoms with Crippen LogP contribution in [0.5, 0.6) is 0 Å². The van der Waals surface area contributed by atoms with E-state index in [1.165, 1.54) is 4.90 Å². The number of ether oxygens (including phenoxy) is 1. The van der Waals surface area contributed by atoms with Crippen LogP contribution < -0.4 is 0 Å². The minimum Gasteiger partial charge on any atom is -0.458 e. The van der Waals surface area contributed by atoms with Gasteiger partial charge in [-0.3, -0.25) is 9.69 Å². The summed E-state index contributed by atoms with van der Waals surface area (Å²) in [4.78, 5) is 43.2. The Kier molecular flexibility index (Phi) is 5.74. The van der Waals surface area contributed by atoms with Crippen LogP contribution in [0.15, 0.2) is 30.3 Å². The van der Waals surface area contributed by atoms with Crippen molar-refractivity contribution in [1.82, 2.24) is 14.7 Å². The Morgan fingerprint density at radius 2 is 1.82 bits per heavy atom. The van der Waals surface area contributed by atoms with Crippen molar-refractivity contribution in [2.24, 2.45) is 0 Å². The van der Waals surface area contributed by atoms with Crippen molar-refractivity contribution in [3.63, 3.8) is 0 Å². The van der Waals surface area contributed by atoms with Crippen LogP contribution in [0.4, 0.5) is 4.79 Å². The lowest BCUT2D eigenvalue weighted by Gasteiger charge is -2.30. The van der Waals surface area contributed by atoms with Gasteiger partial charge in [-0.05, 0) is 45.7 Å². The lowest BCUT2D eigenvalue weighted by atomic mass is 10.1. The first-order valence-electron chi connectivity index (χ1n) is 9.76. The van der Waals surface area contributed by atoms with Gasteiger partial charge in [0.05, 0.1) is 12.6 Å². The first-order chi connectivity index (χ1) is 13.2. The second-order valence-electron chi connectivity index (χ2n) is 8.53. The normalized spacial score (nSPS) is 23.4. The summed E-state index contributed by atoms with van der Waals surface area (Å²) in [7, 11) is 1.60. The number of urea groups is 1. The van der Waals surface area contributed by atoms with Crippen LogP contribution in [0.25, 0.3) is 0 Å². The highest BCUT2D eigenvalue weighted by Gasteiger charge is 2.48. The van der Waals surface area contributed by atoms with Crippen LogP contribution in [0, 0.1) is 0 Å². The van der Waals surface area contributed by atoms with E-state index in [9.17, 15) is 14.4 Å². The summed E-state index contributed by atoms with van der Waals surface area (Å²) in [5, 5.41) is 0. The number of likely N-dealkylation sites (N-methyl/N-ethyl adjacent to an activating group) is 1. The quantitative estimate of drug-likeness (QED) is 0.741. The van der Waals surface area contributed by atoms with Gasteiger partial charge in [-0.1, -0.05) is 30.3 Å². The molecule has 0 aliphatic carbocycles. The Morgan fingerprint density at radius 3 is 2.46 bits per heavy atom. The molecule has 152 valence electrons. The molecule has 0 N–H and O–H groups in total. The van der Waals surface area contributed by atoms with Crippen LogP contribution in [-0.2, 0) is 20.9 Å². The molecule has 2 fully saturated rings. The topological polar surface area (TPSA) is 70.2 Å². The number of rotatable bonds is 4. The molecule has 1 aromatic rings. The molecule has 2 saturated heterocycles. The van der Waals surface area contributed by atoms with E-state index in [2.05, 4.69) is 4.90 Å². The number of likely N-dealkylation sites (tertiary alicyclic amines) is 1. The fourth-order valence-electron chi connectivity index (χ4n) is 3.81. The highest BCUT2D eigenvalue weighted by molar-refractivity contribution is 6.03. The van der Waals surface area contributed by atoms with Gasteiger partial charge in [-0.2, -0.15) is 0 Å². The summed E-state index contributed by atoms with van der Waals surface area (Å²) in [6.45, 7) is 6.92. The van der Waals surface area contributed by atoms with Crippen molar-refractivity contribution in [1.29, 1.82) is 0 Å². The Bertz CT molecular complexity index is 744. The molecule has 2 atom stereocenters. The summed E-state index contributed by atoms with van der Waals surface area (Å²) >= 11 is 0. The number of nitrogens with zero attached hydrogens (tertiary/aromatic N) is 3. The summed E-state index contributed by atoms with van der Waals surface area (Å²) in [5.41, 5.74) is 0.443. The van der Waals surface area contributed by atoms with Gasteiger partial charge in [-0.25, -0.2) is 14.5 Å². The minimum absolute atomic E-state index is 0.158. The smallest absolute Gasteiger partial charge is 0.331 e. The number of carbonyl (C=O) groups excluding carboxylic acids is 3. The van der Waals surface area contributed by atoms with E-state index in [-0.39, 0.29) is 12.5 Å². The average Bonchev–Trinajstić information content (AvgIpc) is 3.19. The van der Waals surface area contributed by atoms with E-state index < -0.39 is 29.7 Å². The standard InChI is InChI=1S/C21H29N3O4/c1-21(2,3)28-19(26)17-14-22(4)20(27)24(17)18(25)16-11-8-12-23(16)13-15-9-6-5-7-10-15/h5-7,9-10,16-17H,8,11-14H2,1-4H3/t16-,17-/m0/s1. The minimum atomic E-state index is -0.900. The van der Waals surface area contributed by atoms with Gasteiger partial charge in [0.25, 0.3) is 0 Å². The van der Waals surface area contributed by atoms with Gasteiger partial charge in [-0.15, -0.1) is 0 Å². The zero-order chi connectivity index (χ0) is 20.5. The maximum atomic E-state index is 13.3. The van der Waals surface area contributed by atoms with Crippen molar-refractivity contribution >= 4 is 17.9 Å². The molecule has 3 rings (SSSR count). The number of amides is 3. The Morgan fingerprint density at radius 1 is 1.14 bits per heavy atom. The van der Waals surface area contributed by atoms with Crippen molar-refractivity contribution in [2.45, 2.75) is 57.8 Å². The zero-order valence-corrected chi connectivity index (χ0v) is 17.1. The van der Waals surface area contributed by atoms with Crippen LogP contribution in [0.3, 0.4) is 0 Å². The Labute approximate surface area is 166 Å². The van der Waals surface area contributed by atoms with E-state index in [4.69, 9.17) is 4.74 Å². The van der Waals surface area contributed by atoms with Crippen LogP contribution in [0.1, 0.15) is 39.2 Å². The molecule has 3 amide bonds. The molecule has 0 spiro atoms. The molecule has 0 unspecified atom stereocenters. The Hall–Kier alpha value is -2.41. The first kappa shape index (κ1) is 20.3. The Balaban J connectivity index is 1.77. The highest BCUT2D eigenvalue weighted by atomic mass is 16.6. The summed E-state index contributed by atoms with van der Waals surface area (Å²) in [6.07, 6.45) is 1.57. The highest BCUT2D eigenvalue weighted by Crippen LogP contribution is 2.26. The molecular weight excluding hydrogens is 358 g/mol. The van der Waals surface area contributed by atoms with Gasteiger partial charge < -0.3 is 9.64 Å². The SMILES string of the molecule is CN1C[C@@H](C(=O)OC(C)(C)C)N(C(=O)[C@@H]2CCCN2Cc2ccccc2)C1=O. The summed E-state index contributed by atoms with van der Waals surface area (Å²) < 4.78 is 5.46. The van der Waals surface area contributed by atoms with E-state index in [1.54, 1.807) is 27.8 Å². The number of hydrogen-bond acceptors (Lipinski definition) is 5. The second-order valence-corrected chi connectivity index (χ2v) is 8.53. The van der Waals surface area contributed by atoms with Crippen molar-refractivity contribution in [3.8, 4) is 0 Å². The predicted molar refractivity (Wildman–Crippen MR) is 104 cm³/mol. The van der Waals surface area contributed by atoms with Crippen molar-refractivity contribution < 1.29 is 19.1 Å². The molecule has 1 aromatic carbocycles. The third kappa shape index (κ3) is 4.35. The number of carbonyl (C=O) groups is 3. The van der Waals surface area contributed by atoms with E-state index in [1.807, 2.05) is 30.3 Å². The molecule has 0 saturated carbocycles. The monoisotopic (exact) mass is 387 g/mol. The third-order valence-corrected chi connectivity index (χ3v) is 5.08. The number of hydrogen-bond donors (Lipinski definition) is 0. The van der Waals surface area contributed by atoms with Crippen LogP contribution in [0.2, 0.25) is 0 Å². The maximum Gasteiger partial charge on any atom is 0.331 e. The van der Waals surface area contributed by atoms with Gasteiger partial charge in [0.2, 0.25) is 5.91 Å². The fraction of sp³-hybridized carbons (Fsp3) is 0.571. The molecule has 2 aliphatic rings. The van der Waals surface area contributed by atoms with Crippen molar-refractivity contribution in [2.75, 3.05) is 20.1 Å². The largest absolute Gasteiger partial charge is 0.458 e. The van der Waals surface area contributed by atoms with Gasteiger partial charge in [0.15, 0.2) is 6.04 Å². The van der Waals surface area contributed by atoms with E-state index >= 15 is 0 Å². The molecule has 2 heterocycles. The molecule has 7 nitrogen and oxygen atoms in total. The number of benzene rings is 1. The number of esters is 1. The van der Waals surface area contributed by atoms with Gasteiger partial charge in [0, 0.05) is 13.6 Å². The van der Waals surface area contributed by atoms with E-state index in [0.717, 1.165) is 23.4 Å². The number of imide groups is 1. The van der Waals surface area contributed by atoms with Crippen LogP contribution in [-0.4, -0.2) is 70.4 Å². The molecule has 7 heteroatoms. The molecular formula is C21H29N3O4. The lowest BCUT2D eigenvalue weighted by Crippen LogP contribution is -2.52. The third-order valence-electron chi connectivity index (χ3n) is 5.08. The molecule has 2 aliphatic heterocycles.